The lowest BCUT2D eigenvalue weighted by Crippen LogP contribution is -1.98. The molecule has 0 bridgehead atoms. The van der Waals surface area contributed by atoms with E-state index in [1.165, 1.54) is 30.3 Å². The van der Waals surface area contributed by atoms with Gasteiger partial charge in [0, 0.05) is 12.3 Å². The Morgan fingerprint density at radius 3 is 2.43 bits per heavy atom. The highest BCUT2D eigenvalue weighted by Gasteiger charge is 2.04. The number of ether oxygens (including phenoxy) is 1. The van der Waals surface area contributed by atoms with Crippen molar-refractivity contribution in [2.75, 3.05) is 5.88 Å². The number of alkyl halides is 1. The molecule has 4 heteroatoms. The first-order valence-corrected chi connectivity index (χ1v) is 6.94. The average molecular weight is 307 g/mol. The highest BCUT2D eigenvalue weighted by molar-refractivity contribution is 6.18. The summed E-state index contributed by atoms with van der Waals surface area (Å²) >= 11 is 5.55. The zero-order valence-corrected chi connectivity index (χ0v) is 12.0. The van der Waals surface area contributed by atoms with E-state index >= 15 is 0 Å². The van der Waals surface area contributed by atoms with E-state index in [0.29, 0.717) is 23.6 Å². The van der Waals surface area contributed by atoms with Crippen LogP contribution in [0.25, 0.3) is 0 Å². The third kappa shape index (κ3) is 4.77. The highest BCUT2D eigenvalue weighted by atomic mass is 35.5. The summed E-state index contributed by atoms with van der Waals surface area (Å²) in [4.78, 5) is 0. The van der Waals surface area contributed by atoms with Gasteiger partial charge in [0.25, 0.3) is 0 Å². The van der Waals surface area contributed by atoms with Gasteiger partial charge < -0.3 is 4.74 Å². The van der Waals surface area contributed by atoms with E-state index in [1.807, 2.05) is 0 Å². The van der Waals surface area contributed by atoms with Crippen LogP contribution in [0.3, 0.4) is 0 Å². The molecule has 0 unspecified atom stereocenters. The van der Waals surface area contributed by atoms with Crippen molar-refractivity contribution in [2.24, 2.45) is 0 Å². The molecule has 0 radical (unpaired) electrons. The standard InChI is InChI=1S/C17H13ClF2O/c18-10-2-1-3-14-11-16(20)8-9-17(14)21-12-13-4-6-15(19)7-5-13/h4-9,11H,2,10,12H2. The van der Waals surface area contributed by atoms with Crippen LogP contribution in [0.15, 0.2) is 42.5 Å². The molecule has 2 rings (SSSR count). The summed E-state index contributed by atoms with van der Waals surface area (Å²) in [5, 5.41) is 0. The molecular formula is C17H13ClF2O. The summed E-state index contributed by atoms with van der Waals surface area (Å²) in [6.07, 6.45) is 0.523. The van der Waals surface area contributed by atoms with Gasteiger partial charge in [-0.15, -0.1) is 11.6 Å². The van der Waals surface area contributed by atoms with Crippen molar-refractivity contribution < 1.29 is 13.5 Å². The molecule has 0 aliphatic heterocycles. The van der Waals surface area contributed by atoms with E-state index in [1.54, 1.807) is 12.1 Å². The van der Waals surface area contributed by atoms with E-state index in [4.69, 9.17) is 16.3 Å². The fourth-order valence-corrected chi connectivity index (χ4v) is 1.77. The summed E-state index contributed by atoms with van der Waals surface area (Å²) < 4.78 is 31.7. The van der Waals surface area contributed by atoms with Gasteiger partial charge >= 0.3 is 0 Å². The van der Waals surface area contributed by atoms with Crippen LogP contribution in [0.2, 0.25) is 0 Å². The van der Waals surface area contributed by atoms with Crippen LogP contribution in [-0.2, 0) is 6.61 Å². The molecule has 0 spiro atoms. The van der Waals surface area contributed by atoms with Crippen LogP contribution in [0.1, 0.15) is 17.5 Å². The highest BCUT2D eigenvalue weighted by Crippen LogP contribution is 2.20. The Morgan fingerprint density at radius 1 is 1.00 bits per heavy atom. The molecule has 0 saturated heterocycles. The normalized spacial score (nSPS) is 9.86. The quantitative estimate of drug-likeness (QED) is 0.596. The van der Waals surface area contributed by atoms with Gasteiger partial charge in [0.2, 0.25) is 0 Å². The molecule has 0 atom stereocenters. The van der Waals surface area contributed by atoms with Crippen molar-refractivity contribution in [1.82, 2.24) is 0 Å². The molecule has 0 N–H and O–H groups in total. The van der Waals surface area contributed by atoms with E-state index in [2.05, 4.69) is 11.8 Å². The maximum Gasteiger partial charge on any atom is 0.135 e. The molecule has 0 heterocycles. The summed E-state index contributed by atoms with van der Waals surface area (Å²) in [5.41, 5.74) is 1.29. The number of halogens is 3. The Labute approximate surface area is 127 Å². The second kappa shape index (κ2) is 7.66. The van der Waals surface area contributed by atoms with Gasteiger partial charge in [0.15, 0.2) is 0 Å². The molecule has 108 valence electrons. The molecule has 0 fully saturated rings. The van der Waals surface area contributed by atoms with Gasteiger partial charge in [0.05, 0.1) is 5.56 Å². The minimum Gasteiger partial charge on any atom is -0.488 e. The predicted octanol–water partition coefficient (Wildman–Crippen LogP) is 4.52. The lowest BCUT2D eigenvalue weighted by atomic mass is 10.2. The minimum absolute atomic E-state index is 0.260. The van der Waals surface area contributed by atoms with Crippen LogP contribution < -0.4 is 4.74 Å². The van der Waals surface area contributed by atoms with Crippen LogP contribution in [0.5, 0.6) is 5.75 Å². The topological polar surface area (TPSA) is 9.23 Å². The van der Waals surface area contributed by atoms with Crippen molar-refractivity contribution >= 4 is 11.6 Å². The van der Waals surface area contributed by atoms with Crippen molar-refractivity contribution in [2.45, 2.75) is 13.0 Å². The third-order valence-electron chi connectivity index (χ3n) is 2.69. The van der Waals surface area contributed by atoms with Crippen molar-refractivity contribution in [1.29, 1.82) is 0 Å². The van der Waals surface area contributed by atoms with Crippen molar-refractivity contribution in [3.8, 4) is 17.6 Å². The average Bonchev–Trinajstić information content (AvgIpc) is 2.48. The van der Waals surface area contributed by atoms with Crippen molar-refractivity contribution in [3.05, 3.63) is 65.2 Å². The van der Waals surface area contributed by atoms with Gasteiger partial charge in [-0.2, -0.15) is 0 Å². The number of rotatable bonds is 4. The molecular weight excluding hydrogens is 294 g/mol. The molecule has 0 aromatic heterocycles. The summed E-state index contributed by atoms with van der Waals surface area (Å²) in [7, 11) is 0. The lowest BCUT2D eigenvalue weighted by molar-refractivity contribution is 0.304. The first kappa shape index (κ1) is 15.3. The Hall–Kier alpha value is -2.05. The fraction of sp³-hybridized carbons (Fsp3) is 0.176. The minimum atomic E-state index is -0.376. The van der Waals surface area contributed by atoms with Crippen LogP contribution >= 0.6 is 11.6 Å². The molecule has 0 amide bonds. The third-order valence-corrected chi connectivity index (χ3v) is 2.88. The Kier molecular flexibility index (Phi) is 5.59. The van der Waals surface area contributed by atoms with Crippen LogP contribution in [0, 0.1) is 23.5 Å². The Balaban J connectivity index is 2.12. The van der Waals surface area contributed by atoms with Gasteiger partial charge in [-0.3, -0.25) is 0 Å². The molecule has 2 aromatic rings. The van der Waals surface area contributed by atoms with Crippen LogP contribution in [0.4, 0.5) is 8.78 Å². The number of hydrogen-bond donors (Lipinski definition) is 0. The summed E-state index contributed by atoms with van der Waals surface area (Å²) in [5.74, 6) is 5.93. The largest absolute Gasteiger partial charge is 0.488 e. The lowest BCUT2D eigenvalue weighted by Gasteiger charge is -2.08. The molecule has 0 saturated carbocycles. The Morgan fingerprint density at radius 2 is 1.71 bits per heavy atom. The summed E-state index contributed by atoms with van der Waals surface area (Å²) in [6.45, 7) is 0.260. The number of benzene rings is 2. The molecule has 0 aliphatic carbocycles. The molecule has 21 heavy (non-hydrogen) atoms. The van der Waals surface area contributed by atoms with Gasteiger partial charge in [-0.25, -0.2) is 8.78 Å². The van der Waals surface area contributed by atoms with E-state index < -0.39 is 0 Å². The second-order valence-corrected chi connectivity index (χ2v) is 4.67. The fourth-order valence-electron chi connectivity index (χ4n) is 1.67. The maximum absolute atomic E-state index is 13.3. The SMILES string of the molecule is Fc1ccc(COc2ccc(F)cc2C#CCCCl)cc1. The maximum atomic E-state index is 13.3. The monoisotopic (exact) mass is 306 g/mol. The molecule has 1 nitrogen and oxygen atoms in total. The zero-order chi connectivity index (χ0) is 15.1. The first-order valence-electron chi connectivity index (χ1n) is 6.40. The first-order chi connectivity index (χ1) is 10.2. The second-order valence-electron chi connectivity index (χ2n) is 4.30. The zero-order valence-electron chi connectivity index (χ0n) is 11.2. The molecule has 2 aromatic carbocycles. The van der Waals surface area contributed by atoms with Crippen LogP contribution in [-0.4, -0.2) is 5.88 Å². The van der Waals surface area contributed by atoms with Gasteiger partial charge in [-0.1, -0.05) is 24.0 Å². The van der Waals surface area contributed by atoms with E-state index in [0.717, 1.165) is 5.56 Å². The van der Waals surface area contributed by atoms with E-state index in [9.17, 15) is 8.78 Å². The molecule has 0 aliphatic rings. The number of hydrogen-bond acceptors (Lipinski definition) is 1. The smallest absolute Gasteiger partial charge is 0.135 e. The van der Waals surface area contributed by atoms with E-state index in [-0.39, 0.29) is 18.2 Å². The van der Waals surface area contributed by atoms with Crippen molar-refractivity contribution in [3.63, 3.8) is 0 Å². The predicted molar refractivity (Wildman–Crippen MR) is 79.3 cm³/mol. The summed E-state index contributed by atoms with van der Waals surface area (Å²) in [6, 6.07) is 10.2. The van der Waals surface area contributed by atoms with Gasteiger partial charge in [-0.05, 0) is 35.9 Å². The van der Waals surface area contributed by atoms with Gasteiger partial charge in [0.1, 0.15) is 24.0 Å². The Bertz CT molecular complexity index is 657.